The Labute approximate surface area is 198 Å². The fraction of sp³-hybridized carbons (Fsp3) is 0.222. The van der Waals surface area contributed by atoms with Crippen molar-refractivity contribution in [2.75, 3.05) is 19.0 Å². The molecule has 0 saturated carbocycles. The molecule has 0 spiro atoms. The lowest BCUT2D eigenvalue weighted by atomic mass is 10.1. The first kappa shape index (κ1) is 23.2. The van der Waals surface area contributed by atoms with Crippen LogP contribution in [0.2, 0.25) is 0 Å². The molecule has 0 fully saturated rings. The van der Waals surface area contributed by atoms with Gasteiger partial charge in [-0.2, -0.15) is 0 Å². The molecule has 4 aromatic rings. The number of nitrogens with one attached hydrogen (secondary N) is 1. The Bertz CT molecular complexity index is 1310. The lowest BCUT2D eigenvalue weighted by Crippen LogP contribution is -2.40. The Hall–Kier alpha value is -3.97. The van der Waals surface area contributed by atoms with Gasteiger partial charge in [0.15, 0.2) is 0 Å². The highest BCUT2D eigenvalue weighted by Gasteiger charge is 2.26. The largest absolute Gasteiger partial charge is 0.383 e. The second-order valence-corrected chi connectivity index (χ2v) is 8.02. The van der Waals surface area contributed by atoms with Crippen LogP contribution in [0.3, 0.4) is 0 Å². The third-order valence-electron chi connectivity index (χ3n) is 5.73. The molecule has 0 aliphatic heterocycles. The van der Waals surface area contributed by atoms with Crippen molar-refractivity contribution in [2.45, 2.75) is 26.1 Å². The fourth-order valence-corrected chi connectivity index (χ4v) is 3.92. The molecule has 2 amide bonds. The zero-order valence-electron chi connectivity index (χ0n) is 19.3. The summed E-state index contributed by atoms with van der Waals surface area (Å²) in [5, 5.41) is 3.51. The number of amides is 2. The summed E-state index contributed by atoms with van der Waals surface area (Å²) in [7, 11) is 1.59. The van der Waals surface area contributed by atoms with E-state index in [0.29, 0.717) is 42.1 Å². The number of methoxy groups -OCH3 is 1. The van der Waals surface area contributed by atoms with Crippen molar-refractivity contribution in [3.8, 4) is 0 Å². The normalized spacial score (nSPS) is 11.8. The number of nitrogens with zero attached hydrogens (tertiary/aromatic N) is 3. The molecule has 1 atom stereocenters. The molecule has 1 heterocycles. The Balaban J connectivity index is 1.77. The molecule has 7 nitrogen and oxygen atoms in total. The van der Waals surface area contributed by atoms with Gasteiger partial charge in [-0.25, -0.2) is 9.78 Å². The lowest BCUT2D eigenvalue weighted by molar-refractivity contribution is 0.172. The number of para-hydroxylation sites is 2. The van der Waals surface area contributed by atoms with Crippen molar-refractivity contribution in [3.63, 3.8) is 0 Å². The first-order valence-electron chi connectivity index (χ1n) is 11.2. The minimum atomic E-state index is -0.488. The van der Waals surface area contributed by atoms with Gasteiger partial charge in [0, 0.05) is 19.3 Å². The molecule has 0 aliphatic rings. The minimum absolute atomic E-state index is 0.146. The second kappa shape index (κ2) is 10.8. The summed E-state index contributed by atoms with van der Waals surface area (Å²) in [6.07, 6.45) is 0. The van der Waals surface area contributed by atoms with E-state index in [4.69, 9.17) is 9.72 Å². The summed E-state index contributed by atoms with van der Waals surface area (Å²) in [6.45, 7) is 2.95. The Morgan fingerprint density at radius 2 is 1.65 bits per heavy atom. The Morgan fingerprint density at radius 1 is 1.00 bits per heavy atom. The number of rotatable bonds is 8. The van der Waals surface area contributed by atoms with Crippen molar-refractivity contribution < 1.29 is 9.53 Å². The average Bonchev–Trinajstić information content (AvgIpc) is 2.87. The zero-order chi connectivity index (χ0) is 23.9. The van der Waals surface area contributed by atoms with Gasteiger partial charge in [0.05, 0.1) is 30.1 Å². The van der Waals surface area contributed by atoms with E-state index < -0.39 is 6.04 Å². The second-order valence-electron chi connectivity index (χ2n) is 8.02. The molecule has 34 heavy (non-hydrogen) atoms. The molecule has 0 radical (unpaired) electrons. The topological polar surface area (TPSA) is 76.5 Å². The molecular formula is C27H28N4O3. The van der Waals surface area contributed by atoms with Crippen LogP contribution in [-0.4, -0.2) is 34.2 Å². The van der Waals surface area contributed by atoms with Crippen molar-refractivity contribution in [2.24, 2.45) is 0 Å². The van der Waals surface area contributed by atoms with Crippen LogP contribution in [0.15, 0.2) is 89.7 Å². The molecule has 1 N–H and O–H groups in total. The minimum Gasteiger partial charge on any atom is -0.383 e. The summed E-state index contributed by atoms with van der Waals surface area (Å²) in [4.78, 5) is 33.4. The first-order valence-corrected chi connectivity index (χ1v) is 11.2. The monoisotopic (exact) mass is 456 g/mol. The highest BCUT2D eigenvalue weighted by Crippen LogP contribution is 2.24. The summed E-state index contributed by atoms with van der Waals surface area (Å²) < 4.78 is 6.87. The number of urea groups is 1. The maximum atomic E-state index is 13.5. The quantitative estimate of drug-likeness (QED) is 0.412. The van der Waals surface area contributed by atoms with Gasteiger partial charge in [-0.1, -0.05) is 60.7 Å². The molecule has 0 saturated heterocycles. The molecule has 1 unspecified atom stereocenters. The number of hydrogen-bond acceptors (Lipinski definition) is 4. The molecule has 1 aromatic heterocycles. The molecule has 4 rings (SSSR count). The van der Waals surface area contributed by atoms with Crippen LogP contribution in [0.5, 0.6) is 0 Å². The van der Waals surface area contributed by atoms with Crippen LogP contribution in [0, 0.1) is 0 Å². The first-order chi connectivity index (χ1) is 16.6. The Kier molecular flexibility index (Phi) is 7.34. The van der Waals surface area contributed by atoms with Crippen molar-refractivity contribution in [1.82, 2.24) is 14.5 Å². The third kappa shape index (κ3) is 5.15. The summed E-state index contributed by atoms with van der Waals surface area (Å²) in [5.41, 5.74) is 2.13. The van der Waals surface area contributed by atoms with E-state index in [0.717, 1.165) is 5.56 Å². The van der Waals surface area contributed by atoms with E-state index in [2.05, 4.69) is 5.32 Å². The van der Waals surface area contributed by atoms with Gasteiger partial charge in [-0.05, 0) is 36.8 Å². The molecule has 174 valence electrons. The fourth-order valence-electron chi connectivity index (χ4n) is 3.92. The molecule has 7 heteroatoms. The van der Waals surface area contributed by atoms with Gasteiger partial charge in [0.1, 0.15) is 5.82 Å². The van der Waals surface area contributed by atoms with Gasteiger partial charge in [-0.15, -0.1) is 0 Å². The number of aromatic nitrogens is 2. The van der Waals surface area contributed by atoms with Crippen molar-refractivity contribution >= 4 is 22.6 Å². The highest BCUT2D eigenvalue weighted by atomic mass is 16.5. The number of hydrogen-bond donors (Lipinski definition) is 1. The summed E-state index contributed by atoms with van der Waals surface area (Å²) in [5.74, 6) is 0.514. The lowest BCUT2D eigenvalue weighted by Gasteiger charge is -2.31. The van der Waals surface area contributed by atoms with Gasteiger partial charge in [0.25, 0.3) is 5.56 Å². The smallest absolute Gasteiger partial charge is 0.322 e. The number of fused-ring (bicyclic) bond motifs is 1. The van der Waals surface area contributed by atoms with E-state index in [-0.39, 0.29) is 11.6 Å². The van der Waals surface area contributed by atoms with Crippen LogP contribution in [0.1, 0.15) is 24.4 Å². The van der Waals surface area contributed by atoms with E-state index in [1.54, 1.807) is 22.6 Å². The van der Waals surface area contributed by atoms with Crippen LogP contribution in [0.25, 0.3) is 10.9 Å². The predicted octanol–water partition coefficient (Wildman–Crippen LogP) is 4.84. The molecule has 0 bridgehead atoms. The molecule has 0 aliphatic carbocycles. The van der Waals surface area contributed by atoms with Crippen molar-refractivity contribution in [3.05, 3.63) is 107 Å². The third-order valence-corrected chi connectivity index (χ3v) is 5.73. The van der Waals surface area contributed by atoms with Crippen molar-refractivity contribution in [1.29, 1.82) is 0 Å². The van der Waals surface area contributed by atoms with Gasteiger partial charge < -0.3 is 15.0 Å². The van der Waals surface area contributed by atoms with E-state index >= 15 is 0 Å². The maximum Gasteiger partial charge on any atom is 0.322 e. The average molecular weight is 457 g/mol. The van der Waals surface area contributed by atoms with E-state index in [1.165, 1.54) is 0 Å². The van der Waals surface area contributed by atoms with Crippen LogP contribution in [-0.2, 0) is 17.8 Å². The molecule has 3 aromatic carbocycles. The van der Waals surface area contributed by atoms with Gasteiger partial charge in [0.2, 0.25) is 0 Å². The van der Waals surface area contributed by atoms with Crippen LogP contribution in [0.4, 0.5) is 10.5 Å². The maximum absolute atomic E-state index is 13.5. The van der Waals surface area contributed by atoms with Crippen LogP contribution < -0.4 is 10.9 Å². The Morgan fingerprint density at radius 3 is 2.35 bits per heavy atom. The summed E-state index contributed by atoms with van der Waals surface area (Å²) >= 11 is 0. The van der Waals surface area contributed by atoms with E-state index in [9.17, 15) is 9.59 Å². The van der Waals surface area contributed by atoms with Gasteiger partial charge >= 0.3 is 6.03 Å². The molecular weight excluding hydrogens is 428 g/mol. The van der Waals surface area contributed by atoms with Crippen LogP contribution >= 0.6 is 0 Å². The standard InChI is InChI=1S/C27H28N4O3/c1-20(25-29-24-16-10-9-15-23(24)26(32)30(25)17-18-34-2)31(19-21-11-5-3-6-12-21)27(33)28-22-13-7-4-8-14-22/h3-16,20H,17-19H2,1-2H3,(H,28,33). The predicted molar refractivity (Wildman–Crippen MR) is 134 cm³/mol. The zero-order valence-corrected chi connectivity index (χ0v) is 19.3. The van der Waals surface area contributed by atoms with E-state index in [1.807, 2.05) is 85.8 Å². The number of anilines is 1. The summed E-state index contributed by atoms with van der Waals surface area (Å²) in [6, 6.07) is 25.6. The number of ether oxygens (including phenoxy) is 1. The SMILES string of the molecule is COCCn1c(C(C)N(Cc2ccccc2)C(=O)Nc2ccccc2)nc2ccccc2c1=O. The number of benzene rings is 3. The number of carbonyl (C=O) groups is 1. The van der Waals surface area contributed by atoms with Gasteiger partial charge in [-0.3, -0.25) is 9.36 Å². The number of carbonyl (C=O) groups excluding carboxylic acids is 1. The highest BCUT2D eigenvalue weighted by molar-refractivity contribution is 5.89.